The molecule has 11 heavy (non-hydrogen) atoms. The van der Waals surface area contributed by atoms with Crippen LogP contribution in [0.3, 0.4) is 0 Å². The molecule has 2 aliphatic rings. The summed E-state index contributed by atoms with van der Waals surface area (Å²) in [6, 6.07) is 0. The van der Waals surface area contributed by atoms with Gasteiger partial charge in [-0.15, -0.1) is 11.8 Å². The molecule has 0 radical (unpaired) electrons. The highest BCUT2D eigenvalue weighted by Crippen LogP contribution is 2.30. The molecule has 0 amide bonds. The molecular formula is C9H15NS. The van der Waals surface area contributed by atoms with E-state index in [1.54, 1.807) is 0 Å². The van der Waals surface area contributed by atoms with E-state index in [0.717, 1.165) is 11.3 Å². The number of hydrogen-bond donors (Lipinski definition) is 1. The van der Waals surface area contributed by atoms with Crippen LogP contribution in [0, 0.1) is 5.92 Å². The first-order valence-corrected chi connectivity index (χ1v) is 5.52. The number of rotatable bonds is 1. The normalized spacial score (nSPS) is 37.8. The molecule has 62 valence electrons. The maximum atomic E-state index is 3.56. The first-order valence-electron chi connectivity index (χ1n) is 4.47. The van der Waals surface area contributed by atoms with Crippen molar-refractivity contribution in [2.75, 3.05) is 12.3 Å². The molecule has 2 rings (SSSR count). The lowest BCUT2D eigenvalue weighted by Gasteiger charge is -2.23. The van der Waals surface area contributed by atoms with E-state index in [0.29, 0.717) is 0 Å². The van der Waals surface area contributed by atoms with Crippen molar-refractivity contribution in [1.29, 1.82) is 0 Å². The summed E-state index contributed by atoms with van der Waals surface area (Å²) in [6.07, 6.45) is 8.64. The summed E-state index contributed by atoms with van der Waals surface area (Å²) in [6.45, 7) is 1.22. The largest absolute Gasteiger partial charge is 0.304 e. The molecule has 0 bridgehead atoms. The van der Waals surface area contributed by atoms with Crippen LogP contribution in [0.1, 0.15) is 19.3 Å². The van der Waals surface area contributed by atoms with Gasteiger partial charge in [-0.2, -0.15) is 0 Å². The molecule has 0 aromatic heterocycles. The van der Waals surface area contributed by atoms with E-state index in [2.05, 4.69) is 29.2 Å². The van der Waals surface area contributed by atoms with Gasteiger partial charge in [0.15, 0.2) is 0 Å². The Morgan fingerprint density at radius 3 is 3.00 bits per heavy atom. The molecule has 1 heterocycles. The first-order chi connectivity index (χ1) is 5.47. The van der Waals surface area contributed by atoms with Crippen molar-refractivity contribution >= 4 is 11.8 Å². The summed E-state index contributed by atoms with van der Waals surface area (Å²) in [4.78, 5) is 0. The van der Waals surface area contributed by atoms with E-state index < -0.39 is 0 Å². The molecule has 1 aliphatic heterocycles. The van der Waals surface area contributed by atoms with Gasteiger partial charge in [0.1, 0.15) is 0 Å². The van der Waals surface area contributed by atoms with Gasteiger partial charge in [0.2, 0.25) is 0 Å². The molecule has 1 N–H and O–H groups in total. The first kappa shape index (κ1) is 7.69. The molecule has 1 aliphatic carbocycles. The Morgan fingerprint density at radius 2 is 2.36 bits per heavy atom. The summed E-state index contributed by atoms with van der Waals surface area (Å²) in [5.41, 5.74) is 0. The third-order valence-corrected chi connectivity index (χ3v) is 3.83. The van der Waals surface area contributed by atoms with Crippen molar-refractivity contribution in [3.63, 3.8) is 0 Å². The van der Waals surface area contributed by atoms with Crippen LogP contribution in [0.5, 0.6) is 0 Å². The zero-order valence-electron chi connectivity index (χ0n) is 6.75. The maximum Gasteiger partial charge on any atom is 0.0564 e. The van der Waals surface area contributed by atoms with Crippen LogP contribution in [-0.4, -0.2) is 17.7 Å². The highest BCUT2D eigenvalue weighted by Gasteiger charge is 2.24. The second-order valence-corrected chi connectivity index (χ2v) is 4.54. The number of thioether (sulfide) groups is 1. The summed E-state index contributed by atoms with van der Waals surface area (Å²) < 4.78 is 0. The van der Waals surface area contributed by atoms with Crippen LogP contribution in [-0.2, 0) is 0 Å². The highest BCUT2D eigenvalue weighted by molar-refractivity contribution is 8.00. The van der Waals surface area contributed by atoms with Gasteiger partial charge in [-0.25, -0.2) is 0 Å². The Balaban J connectivity index is 1.88. The molecule has 0 spiro atoms. The van der Waals surface area contributed by atoms with Crippen molar-refractivity contribution in [2.45, 2.75) is 24.6 Å². The zero-order valence-corrected chi connectivity index (χ0v) is 7.57. The zero-order chi connectivity index (χ0) is 7.52. The molecule has 0 aromatic rings. The van der Waals surface area contributed by atoms with Crippen molar-refractivity contribution in [2.24, 2.45) is 5.92 Å². The smallest absolute Gasteiger partial charge is 0.0564 e. The predicted octanol–water partition coefficient (Wildman–Crippen LogP) is 2.01. The molecule has 2 atom stereocenters. The Hall–Kier alpha value is 0.0500. The predicted molar refractivity (Wildman–Crippen MR) is 50.7 cm³/mol. The van der Waals surface area contributed by atoms with Crippen LogP contribution in [0.25, 0.3) is 0 Å². The van der Waals surface area contributed by atoms with Gasteiger partial charge in [-0.1, -0.05) is 12.2 Å². The Labute approximate surface area is 72.6 Å². The molecule has 1 nitrogen and oxygen atoms in total. The Bertz CT molecular complexity index is 150. The van der Waals surface area contributed by atoms with Gasteiger partial charge >= 0.3 is 0 Å². The Kier molecular flexibility index (Phi) is 2.54. The van der Waals surface area contributed by atoms with Gasteiger partial charge < -0.3 is 5.32 Å². The van der Waals surface area contributed by atoms with Crippen molar-refractivity contribution < 1.29 is 0 Å². The highest BCUT2D eigenvalue weighted by atomic mass is 32.2. The van der Waals surface area contributed by atoms with Gasteiger partial charge in [-0.05, 0) is 25.2 Å². The number of hydrogen-bond acceptors (Lipinski definition) is 2. The number of nitrogens with one attached hydrogen (secondary N) is 1. The van der Waals surface area contributed by atoms with E-state index in [-0.39, 0.29) is 0 Å². The van der Waals surface area contributed by atoms with E-state index in [4.69, 9.17) is 0 Å². The fourth-order valence-electron chi connectivity index (χ4n) is 1.84. The third kappa shape index (κ3) is 1.79. The molecule has 1 saturated heterocycles. The van der Waals surface area contributed by atoms with E-state index in [1.165, 1.54) is 31.6 Å². The third-order valence-electron chi connectivity index (χ3n) is 2.48. The monoisotopic (exact) mass is 169 g/mol. The average molecular weight is 169 g/mol. The van der Waals surface area contributed by atoms with Gasteiger partial charge in [0.05, 0.1) is 5.37 Å². The fourth-order valence-corrected chi connectivity index (χ4v) is 3.09. The average Bonchev–Trinajstić information content (AvgIpc) is 2.58. The van der Waals surface area contributed by atoms with E-state index in [9.17, 15) is 0 Å². The van der Waals surface area contributed by atoms with Crippen molar-refractivity contribution in [3.05, 3.63) is 12.2 Å². The van der Waals surface area contributed by atoms with Gasteiger partial charge in [0.25, 0.3) is 0 Å². The van der Waals surface area contributed by atoms with Crippen molar-refractivity contribution in [1.82, 2.24) is 5.32 Å². The van der Waals surface area contributed by atoms with E-state index in [1.807, 2.05) is 0 Å². The second kappa shape index (κ2) is 3.63. The summed E-state index contributed by atoms with van der Waals surface area (Å²) in [7, 11) is 0. The standard InChI is InChI=1S/C9H15NS/c1-2-4-8(5-3-1)9-10-6-7-11-9/h1-2,8-10H,3-7H2/t8-,9+/m1/s1. The molecule has 2 heteroatoms. The lowest BCUT2D eigenvalue weighted by atomic mass is 9.94. The van der Waals surface area contributed by atoms with Crippen LogP contribution < -0.4 is 5.32 Å². The lowest BCUT2D eigenvalue weighted by molar-refractivity contribution is 0.429. The molecular weight excluding hydrogens is 154 g/mol. The Morgan fingerprint density at radius 1 is 1.36 bits per heavy atom. The minimum Gasteiger partial charge on any atom is -0.304 e. The number of allylic oxidation sites excluding steroid dienone is 2. The lowest BCUT2D eigenvalue weighted by Crippen LogP contribution is -2.28. The molecule has 0 aromatic carbocycles. The van der Waals surface area contributed by atoms with Gasteiger partial charge in [0, 0.05) is 12.3 Å². The van der Waals surface area contributed by atoms with Gasteiger partial charge in [-0.3, -0.25) is 0 Å². The fraction of sp³-hybridized carbons (Fsp3) is 0.778. The SMILES string of the molecule is C1=CC[C@@H]([C@H]2NCCS2)CC1. The quantitative estimate of drug-likeness (QED) is 0.603. The van der Waals surface area contributed by atoms with Crippen molar-refractivity contribution in [3.8, 4) is 0 Å². The minimum atomic E-state index is 0.764. The summed E-state index contributed by atoms with van der Waals surface area (Å²) in [5, 5.41) is 4.32. The van der Waals surface area contributed by atoms with Crippen LogP contribution >= 0.6 is 11.8 Å². The van der Waals surface area contributed by atoms with Crippen LogP contribution in [0.2, 0.25) is 0 Å². The van der Waals surface area contributed by atoms with E-state index >= 15 is 0 Å². The molecule has 1 fully saturated rings. The topological polar surface area (TPSA) is 12.0 Å². The maximum absolute atomic E-state index is 3.56. The second-order valence-electron chi connectivity index (χ2n) is 3.29. The summed E-state index contributed by atoms with van der Waals surface area (Å²) >= 11 is 2.10. The summed E-state index contributed by atoms with van der Waals surface area (Å²) in [5.74, 6) is 2.22. The minimum absolute atomic E-state index is 0.764. The van der Waals surface area contributed by atoms with Crippen LogP contribution in [0.4, 0.5) is 0 Å². The molecule has 0 unspecified atom stereocenters. The van der Waals surface area contributed by atoms with Crippen LogP contribution in [0.15, 0.2) is 12.2 Å². The molecule has 0 saturated carbocycles.